The Bertz CT molecular complexity index is 881. The fraction of sp³-hybridized carbons (Fsp3) is 0.250. The number of nitrogens with zero attached hydrogens (tertiary/aromatic N) is 3. The molecule has 0 saturated heterocycles. The van der Waals surface area contributed by atoms with Crippen LogP contribution in [0.2, 0.25) is 0 Å². The highest BCUT2D eigenvalue weighted by molar-refractivity contribution is 9.10. The van der Waals surface area contributed by atoms with Crippen LogP contribution < -0.4 is 5.32 Å². The summed E-state index contributed by atoms with van der Waals surface area (Å²) in [7, 11) is 0. The molecule has 0 fully saturated rings. The molecule has 0 spiro atoms. The number of allylic oxidation sites excluding steroid dienone is 2. The van der Waals surface area contributed by atoms with Crippen molar-refractivity contribution in [1.82, 2.24) is 10.2 Å². The van der Waals surface area contributed by atoms with Gasteiger partial charge in [0.2, 0.25) is 0 Å². The van der Waals surface area contributed by atoms with Crippen molar-refractivity contribution in [2.24, 2.45) is 0 Å². The zero-order valence-electron chi connectivity index (χ0n) is 12.8. The summed E-state index contributed by atoms with van der Waals surface area (Å²) in [6.45, 7) is 2.03. The molecule has 1 aliphatic heterocycles. The van der Waals surface area contributed by atoms with Gasteiger partial charge >= 0.3 is 0 Å². The zero-order valence-corrected chi connectivity index (χ0v) is 14.4. The van der Waals surface area contributed by atoms with Gasteiger partial charge in [-0.05, 0) is 27.9 Å². The molecule has 2 heterocycles. The van der Waals surface area contributed by atoms with Crippen LogP contribution in [-0.2, 0) is 0 Å². The van der Waals surface area contributed by atoms with Gasteiger partial charge in [0.1, 0.15) is 0 Å². The van der Waals surface area contributed by atoms with Gasteiger partial charge in [-0.2, -0.15) is 10.4 Å². The highest BCUT2D eigenvalue weighted by Gasteiger charge is 2.33. The molecule has 0 bridgehead atoms. The second kappa shape index (κ2) is 6.45. The molecule has 2 N–H and O–H groups in total. The molecule has 1 aromatic heterocycles. The third-order valence-corrected chi connectivity index (χ3v) is 4.86. The lowest BCUT2D eigenvalue weighted by Crippen LogP contribution is -2.18. The van der Waals surface area contributed by atoms with E-state index in [4.69, 9.17) is 0 Å². The van der Waals surface area contributed by atoms with Crippen LogP contribution in [0, 0.1) is 21.4 Å². The number of aromatic nitrogens is 2. The average molecular weight is 388 g/mol. The second-order valence-electron chi connectivity index (χ2n) is 5.44. The monoisotopic (exact) mass is 387 g/mol. The summed E-state index contributed by atoms with van der Waals surface area (Å²) in [5.41, 5.74) is 2.83. The lowest BCUT2D eigenvalue weighted by molar-refractivity contribution is -0.385. The minimum absolute atomic E-state index is 0.0228. The van der Waals surface area contributed by atoms with Crippen LogP contribution >= 0.6 is 15.9 Å². The summed E-state index contributed by atoms with van der Waals surface area (Å²) in [6.07, 6.45) is 3.30. The SMILES string of the molecule is CCCC1=C(C#N)C(c2cccc([N+](=O)[O-])c2Br)c2c[nH]nc2N1. The number of hydrogen-bond donors (Lipinski definition) is 2. The number of nitriles is 1. The highest BCUT2D eigenvalue weighted by atomic mass is 79.9. The van der Waals surface area contributed by atoms with E-state index in [0.717, 1.165) is 17.7 Å². The summed E-state index contributed by atoms with van der Waals surface area (Å²) >= 11 is 3.35. The van der Waals surface area contributed by atoms with Gasteiger partial charge in [-0.25, -0.2) is 0 Å². The Morgan fingerprint density at radius 1 is 1.46 bits per heavy atom. The van der Waals surface area contributed by atoms with Gasteiger partial charge in [0.25, 0.3) is 5.69 Å². The van der Waals surface area contributed by atoms with Crippen molar-refractivity contribution < 1.29 is 4.92 Å². The van der Waals surface area contributed by atoms with Gasteiger partial charge < -0.3 is 5.32 Å². The van der Waals surface area contributed by atoms with Crippen LogP contribution in [0.15, 0.2) is 40.1 Å². The maximum Gasteiger partial charge on any atom is 0.283 e. The molecule has 0 saturated carbocycles. The van der Waals surface area contributed by atoms with Crippen LogP contribution in [0.25, 0.3) is 0 Å². The normalized spacial score (nSPS) is 16.3. The largest absolute Gasteiger partial charge is 0.341 e. The Hall–Kier alpha value is -2.66. The Labute approximate surface area is 146 Å². The first-order valence-corrected chi connectivity index (χ1v) is 8.24. The highest BCUT2D eigenvalue weighted by Crippen LogP contribution is 2.45. The molecule has 7 nitrogen and oxygen atoms in total. The number of nitro benzene ring substituents is 1. The standard InChI is InChI=1S/C16H14BrN5O2/c1-2-4-12-10(7-18)14(11-8-19-21-16(11)20-12)9-5-3-6-13(15(9)17)22(23)24/h3,5-6,8,14H,2,4H2,1H3,(H2,19,20,21). The van der Waals surface area contributed by atoms with Crippen LogP contribution in [0.1, 0.15) is 36.8 Å². The maximum absolute atomic E-state index is 11.2. The number of rotatable bonds is 4. The van der Waals surface area contributed by atoms with Crippen molar-refractivity contribution in [2.45, 2.75) is 25.7 Å². The van der Waals surface area contributed by atoms with E-state index in [-0.39, 0.29) is 5.69 Å². The third kappa shape index (κ3) is 2.57. The van der Waals surface area contributed by atoms with E-state index in [1.165, 1.54) is 6.07 Å². The van der Waals surface area contributed by atoms with Crippen LogP contribution in [0.5, 0.6) is 0 Å². The summed E-state index contributed by atoms with van der Waals surface area (Å²) < 4.78 is 0.387. The Balaban J connectivity index is 2.24. The average Bonchev–Trinajstić information content (AvgIpc) is 3.02. The van der Waals surface area contributed by atoms with Crippen molar-refractivity contribution in [2.75, 3.05) is 5.32 Å². The molecule has 0 aliphatic carbocycles. The molecule has 1 aromatic carbocycles. The van der Waals surface area contributed by atoms with Gasteiger partial charge in [-0.3, -0.25) is 15.2 Å². The van der Waals surface area contributed by atoms with Gasteiger partial charge in [0, 0.05) is 23.5 Å². The van der Waals surface area contributed by atoms with E-state index in [0.29, 0.717) is 27.8 Å². The topological polar surface area (TPSA) is 108 Å². The first kappa shape index (κ1) is 16.2. The number of H-pyrrole nitrogens is 1. The molecule has 122 valence electrons. The molecule has 1 aliphatic rings. The number of nitro groups is 1. The Kier molecular flexibility index (Phi) is 4.36. The van der Waals surface area contributed by atoms with E-state index in [9.17, 15) is 15.4 Å². The smallest absolute Gasteiger partial charge is 0.283 e. The fourth-order valence-electron chi connectivity index (χ4n) is 2.96. The van der Waals surface area contributed by atoms with E-state index in [1.54, 1.807) is 18.3 Å². The molecular formula is C16H14BrN5O2. The van der Waals surface area contributed by atoms with Crippen molar-refractivity contribution in [3.8, 4) is 6.07 Å². The second-order valence-corrected chi connectivity index (χ2v) is 6.23. The molecule has 1 unspecified atom stereocenters. The lowest BCUT2D eigenvalue weighted by Gasteiger charge is -2.26. The fourth-order valence-corrected chi connectivity index (χ4v) is 3.60. The molecular weight excluding hydrogens is 374 g/mol. The lowest BCUT2D eigenvalue weighted by atomic mass is 9.82. The van der Waals surface area contributed by atoms with E-state index in [2.05, 4.69) is 37.5 Å². The van der Waals surface area contributed by atoms with Crippen molar-refractivity contribution >= 4 is 27.4 Å². The number of anilines is 1. The third-order valence-electron chi connectivity index (χ3n) is 4.00. The molecule has 0 radical (unpaired) electrons. The van der Waals surface area contributed by atoms with Crippen LogP contribution in [0.4, 0.5) is 11.5 Å². The van der Waals surface area contributed by atoms with Crippen molar-refractivity contribution in [3.05, 3.63) is 61.4 Å². The van der Waals surface area contributed by atoms with Crippen molar-refractivity contribution in [3.63, 3.8) is 0 Å². The van der Waals surface area contributed by atoms with Crippen LogP contribution in [-0.4, -0.2) is 15.1 Å². The molecule has 1 atom stereocenters. The van der Waals surface area contributed by atoms with E-state index in [1.807, 2.05) is 6.92 Å². The van der Waals surface area contributed by atoms with Crippen LogP contribution in [0.3, 0.4) is 0 Å². The first-order chi connectivity index (χ1) is 11.6. The van der Waals surface area contributed by atoms with Gasteiger partial charge in [0.05, 0.1) is 27.0 Å². The number of benzene rings is 1. The quantitative estimate of drug-likeness (QED) is 0.603. The summed E-state index contributed by atoms with van der Waals surface area (Å²) in [5.74, 6) is 0.252. The number of halogens is 1. The minimum atomic E-state index is -0.437. The summed E-state index contributed by atoms with van der Waals surface area (Å²) in [5, 5.41) is 31.2. The Morgan fingerprint density at radius 2 is 2.25 bits per heavy atom. The zero-order chi connectivity index (χ0) is 17.3. The van der Waals surface area contributed by atoms with Crippen molar-refractivity contribution in [1.29, 1.82) is 5.26 Å². The predicted molar refractivity (Wildman–Crippen MR) is 92.4 cm³/mol. The molecule has 8 heteroatoms. The van der Waals surface area contributed by atoms with Gasteiger partial charge in [-0.15, -0.1) is 0 Å². The number of hydrogen-bond acceptors (Lipinski definition) is 5. The number of aromatic amines is 1. The van der Waals surface area contributed by atoms with E-state index >= 15 is 0 Å². The number of fused-ring (bicyclic) bond motifs is 1. The molecule has 0 amide bonds. The van der Waals surface area contributed by atoms with Gasteiger partial charge in [0.15, 0.2) is 5.82 Å². The minimum Gasteiger partial charge on any atom is -0.341 e. The first-order valence-electron chi connectivity index (χ1n) is 7.45. The summed E-state index contributed by atoms with van der Waals surface area (Å²) in [6, 6.07) is 7.15. The summed E-state index contributed by atoms with van der Waals surface area (Å²) in [4.78, 5) is 10.8. The molecule has 2 aromatic rings. The number of nitrogens with one attached hydrogen (secondary N) is 2. The maximum atomic E-state index is 11.2. The molecule has 3 rings (SSSR count). The van der Waals surface area contributed by atoms with Gasteiger partial charge in [-0.1, -0.05) is 25.5 Å². The van der Waals surface area contributed by atoms with E-state index < -0.39 is 10.8 Å². The predicted octanol–water partition coefficient (Wildman–Crippen LogP) is 4.22. The Morgan fingerprint density at radius 3 is 2.92 bits per heavy atom. The molecule has 24 heavy (non-hydrogen) atoms.